The minimum absolute atomic E-state index is 0.0647. The van der Waals surface area contributed by atoms with Crippen molar-refractivity contribution in [1.82, 2.24) is 15.2 Å². The van der Waals surface area contributed by atoms with Crippen LogP contribution in [0.1, 0.15) is 28.8 Å². The van der Waals surface area contributed by atoms with Gasteiger partial charge in [-0.3, -0.25) is 9.78 Å². The van der Waals surface area contributed by atoms with Crippen LogP contribution in [0.5, 0.6) is 0 Å². The maximum atomic E-state index is 12.3. The molecule has 0 radical (unpaired) electrons. The highest BCUT2D eigenvalue weighted by Crippen LogP contribution is 2.12. The highest BCUT2D eigenvalue weighted by molar-refractivity contribution is 5.94. The first-order valence-electron chi connectivity index (χ1n) is 6.08. The summed E-state index contributed by atoms with van der Waals surface area (Å²) < 4.78 is 0. The van der Waals surface area contributed by atoms with Crippen molar-refractivity contribution in [2.24, 2.45) is 0 Å². The molecular formula is C13H19N3O. The SMILES string of the molecule is Cc1cncc(C(=O)N(C)C2CCCNC2)c1. The van der Waals surface area contributed by atoms with Crippen molar-refractivity contribution in [2.45, 2.75) is 25.8 Å². The summed E-state index contributed by atoms with van der Waals surface area (Å²) in [5.74, 6) is 0.0647. The van der Waals surface area contributed by atoms with E-state index in [1.54, 1.807) is 12.4 Å². The molecule has 1 aromatic heterocycles. The molecule has 1 aliphatic heterocycles. The van der Waals surface area contributed by atoms with Crippen LogP contribution in [0.3, 0.4) is 0 Å². The van der Waals surface area contributed by atoms with Crippen LogP contribution in [0.4, 0.5) is 0 Å². The van der Waals surface area contributed by atoms with E-state index in [1.165, 1.54) is 0 Å². The Labute approximate surface area is 102 Å². The minimum Gasteiger partial charge on any atom is -0.337 e. The zero-order valence-corrected chi connectivity index (χ0v) is 10.4. The second kappa shape index (κ2) is 5.27. The summed E-state index contributed by atoms with van der Waals surface area (Å²) in [6, 6.07) is 2.19. The Bertz CT molecular complexity index is 399. The molecule has 0 spiro atoms. The number of aryl methyl sites for hydroxylation is 1. The van der Waals surface area contributed by atoms with Gasteiger partial charge in [-0.25, -0.2) is 0 Å². The fourth-order valence-corrected chi connectivity index (χ4v) is 2.21. The highest BCUT2D eigenvalue weighted by atomic mass is 16.2. The van der Waals surface area contributed by atoms with E-state index in [4.69, 9.17) is 0 Å². The second-order valence-corrected chi connectivity index (χ2v) is 4.67. The lowest BCUT2D eigenvalue weighted by molar-refractivity contribution is 0.0708. The molecule has 1 aromatic rings. The summed E-state index contributed by atoms with van der Waals surface area (Å²) in [4.78, 5) is 18.2. The Hall–Kier alpha value is -1.42. The van der Waals surface area contributed by atoms with E-state index < -0.39 is 0 Å². The van der Waals surface area contributed by atoms with Gasteiger partial charge in [-0.05, 0) is 37.9 Å². The maximum absolute atomic E-state index is 12.3. The van der Waals surface area contributed by atoms with E-state index in [0.717, 1.165) is 31.5 Å². The molecule has 0 aliphatic carbocycles. The number of nitrogens with one attached hydrogen (secondary N) is 1. The first-order valence-corrected chi connectivity index (χ1v) is 6.08. The zero-order chi connectivity index (χ0) is 12.3. The molecule has 1 aliphatic rings. The van der Waals surface area contributed by atoms with E-state index in [9.17, 15) is 4.79 Å². The van der Waals surface area contributed by atoms with Crippen molar-refractivity contribution in [3.8, 4) is 0 Å². The smallest absolute Gasteiger partial charge is 0.255 e. The largest absolute Gasteiger partial charge is 0.337 e. The van der Waals surface area contributed by atoms with Gasteiger partial charge < -0.3 is 10.2 Å². The molecule has 1 unspecified atom stereocenters. The van der Waals surface area contributed by atoms with Crippen LogP contribution in [-0.2, 0) is 0 Å². The number of carbonyl (C=O) groups is 1. The van der Waals surface area contributed by atoms with E-state index in [0.29, 0.717) is 11.6 Å². The van der Waals surface area contributed by atoms with Crippen molar-refractivity contribution in [3.63, 3.8) is 0 Å². The molecular weight excluding hydrogens is 214 g/mol. The molecule has 4 heteroatoms. The van der Waals surface area contributed by atoms with Gasteiger partial charge in [0.2, 0.25) is 0 Å². The molecule has 1 fully saturated rings. The summed E-state index contributed by atoms with van der Waals surface area (Å²) in [7, 11) is 1.88. The van der Waals surface area contributed by atoms with Crippen LogP contribution in [0.2, 0.25) is 0 Å². The molecule has 0 bridgehead atoms. The first kappa shape index (κ1) is 12.0. The summed E-state index contributed by atoms with van der Waals surface area (Å²) in [5, 5.41) is 3.32. The van der Waals surface area contributed by atoms with Gasteiger partial charge in [0.25, 0.3) is 5.91 Å². The first-order chi connectivity index (χ1) is 8.18. The molecule has 0 aromatic carbocycles. The number of likely N-dealkylation sites (N-methyl/N-ethyl adjacent to an activating group) is 1. The predicted octanol–water partition coefficient (Wildman–Crippen LogP) is 1.21. The standard InChI is InChI=1S/C13H19N3O/c1-10-6-11(8-15-7-10)13(17)16(2)12-4-3-5-14-9-12/h6-8,12,14H,3-5,9H2,1-2H3. The lowest BCUT2D eigenvalue weighted by atomic mass is 10.1. The van der Waals surface area contributed by atoms with Gasteiger partial charge in [0.15, 0.2) is 0 Å². The normalized spacial score (nSPS) is 20.0. The van der Waals surface area contributed by atoms with Gasteiger partial charge >= 0.3 is 0 Å². The Morgan fingerprint density at radius 2 is 2.35 bits per heavy atom. The number of hydrogen-bond donors (Lipinski definition) is 1. The van der Waals surface area contributed by atoms with Gasteiger partial charge in [0.05, 0.1) is 5.56 Å². The van der Waals surface area contributed by atoms with E-state index in [2.05, 4.69) is 10.3 Å². The summed E-state index contributed by atoms with van der Waals surface area (Å²) in [6.07, 6.45) is 5.61. The van der Waals surface area contributed by atoms with Gasteiger partial charge in [-0.2, -0.15) is 0 Å². The van der Waals surface area contributed by atoms with E-state index in [-0.39, 0.29) is 5.91 Å². The molecule has 1 saturated heterocycles. The monoisotopic (exact) mass is 233 g/mol. The Morgan fingerprint density at radius 3 is 3.00 bits per heavy atom. The lowest BCUT2D eigenvalue weighted by Gasteiger charge is -2.31. The van der Waals surface area contributed by atoms with Gasteiger partial charge in [-0.1, -0.05) is 0 Å². The molecule has 0 saturated carbocycles. The highest BCUT2D eigenvalue weighted by Gasteiger charge is 2.22. The van der Waals surface area contributed by atoms with Crippen molar-refractivity contribution in [3.05, 3.63) is 29.6 Å². The average molecular weight is 233 g/mol. The third-order valence-electron chi connectivity index (χ3n) is 3.26. The van der Waals surface area contributed by atoms with Gasteiger partial charge in [-0.15, -0.1) is 0 Å². The zero-order valence-electron chi connectivity index (χ0n) is 10.4. The summed E-state index contributed by atoms with van der Waals surface area (Å²) in [5.41, 5.74) is 1.70. The predicted molar refractivity (Wildman–Crippen MR) is 67.0 cm³/mol. The average Bonchev–Trinajstić information content (AvgIpc) is 2.38. The van der Waals surface area contributed by atoms with Crippen molar-refractivity contribution in [1.29, 1.82) is 0 Å². The number of piperidine rings is 1. The van der Waals surface area contributed by atoms with Gasteiger partial charge in [0, 0.05) is 32.0 Å². The number of amides is 1. The Balaban J connectivity index is 2.08. The van der Waals surface area contributed by atoms with Crippen LogP contribution in [0, 0.1) is 6.92 Å². The number of nitrogens with zero attached hydrogens (tertiary/aromatic N) is 2. The molecule has 92 valence electrons. The minimum atomic E-state index is 0.0647. The van der Waals surface area contributed by atoms with Crippen LogP contribution < -0.4 is 5.32 Å². The Morgan fingerprint density at radius 1 is 1.53 bits per heavy atom. The number of rotatable bonds is 2. The summed E-state index contributed by atoms with van der Waals surface area (Å²) in [6.45, 7) is 3.90. The third-order valence-corrected chi connectivity index (χ3v) is 3.26. The van der Waals surface area contributed by atoms with Gasteiger partial charge in [0.1, 0.15) is 0 Å². The Kier molecular flexibility index (Phi) is 3.74. The quantitative estimate of drug-likeness (QED) is 0.835. The van der Waals surface area contributed by atoms with Crippen molar-refractivity contribution in [2.75, 3.05) is 20.1 Å². The molecule has 17 heavy (non-hydrogen) atoms. The van der Waals surface area contributed by atoms with Crippen LogP contribution in [0.15, 0.2) is 18.5 Å². The molecule has 1 amide bonds. The van der Waals surface area contributed by atoms with E-state index >= 15 is 0 Å². The second-order valence-electron chi connectivity index (χ2n) is 4.67. The van der Waals surface area contributed by atoms with Crippen LogP contribution >= 0.6 is 0 Å². The van der Waals surface area contributed by atoms with Crippen LogP contribution in [0.25, 0.3) is 0 Å². The fraction of sp³-hybridized carbons (Fsp3) is 0.538. The summed E-state index contributed by atoms with van der Waals surface area (Å²) >= 11 is 0. The molecule has 4 nitrogen and oxygen atoms in total. The number of aromatic nitrogens is 1. The third kappa shape index (κ3) is 2.82. The molecule has 1 atom stereocenters. The molecule has 1 N–H and O–H groups in total. The number of pyridine rings is 1. The fourth-order valence-electron chi connectivity index (χ4n) is 2.21. The topological polar surface area (TPSA) is 45.2 Å². The maximum Gasteiger partial charge on any atom is 0.255 e. The van der Waals surface area contributed by atoms with Crippen LogP contribution in [-0.4, -0.2) is 42.0 Å². The van der Waals surface area contributed by atoms with Crippen molar-refractivity contribution >= 4 is 5.91 Å². The number of carbonyl (C=O) groups excluding carboxylic acids is 1. The number of hydrogen-bond acceptors (Lipinski definition) is 3. The molecule has 2 heterocycles. The molecule has 2 rings (SSSR count). The van der Waals surface area contributed by atoms with E-state index in [1.807, 2.05) is 24.9 Å². The lowest BCUT2D eigenvalue weighted by Crippen LogP contribution is -2.46. The van der Waals surface area contributed by atoms with Crippen molar-refractivity contribution < 1.29 is 4.79 Å².